The Balaban J connectivity index is 1.88. The zero-order valence-corrected chi connectivity index (χ0v) is 11.6. The van der Waals surface area contributed by atoms with E-state index in [-0.39, 0.29) is 6.10 Å². The van der Waals surface area contributed by atoms with Crippen LogP contribution < -0.4 is 5.32 Å². The van der Waals surface area contributed by atoms with Gasteiger partial charge < -0.3 is 10.1 Å². The Bertz CT molecular complexity index is 338. The standard InChI is InChI=1S/C16H25NO/c1-3-7-13(2)12-17-15-10-11-18-16(15)14-8-5-4-6-9-14/h4-6,8-9,13,15-17H,3,7,10-12H2,1-2H3/t13-,15-,16-/m0/s1. The van der Waals surface area contributed by atoms with E-state index < -0.39 is 0 Å². The highest BCUT2D eigenvalue weighted by Crippen LogP contribution is 2.29. The van der Waals surface area contributed by atoms with Crippen LogP contribution in [0, 0.1) is 5.92 Å². The molecule has 2 nitrogen and oxygen atoms in total. The van der Waals surface area contributed by atoms with Crippen molar-refractivity contribution in [1.29, 1.82) is 0 Å². The molecule has 1 heterocycles. The fourth-order valence-electron chi connectivity index (χ4n) is 2.72. The maximum absolute atomic E-state index is 5.88. The predicted molar refractivity (Wildman–Crippen MR) is 75.6 cm³/mol. The van der Waals surface area contributed by atoms with Crippen LogP contribution >= 0.6 is 0 Å². The molecule has 1 aliphatic rings. The lowest BCUT2D eigenvalue weighted by Crippen LogP contribution is -2.34. The van der Waals surface area contributed by atoms with Crippen molar-refractivity contribution in [2.45, 2.75) is 45.3 Å². The second-order valence-electron chi connectivity index (χ2n) is 5.40. The summed E-state index contributed by atoms with van der Waals surface area (Å²) in [5, 5.41) is 3.69. The molecule has 1 N–H and O–H groups in total. The highest BCUT2D eigenvalue weighted by atomic mass is 16.5. The molecule has 0 unspecified atom stereocenters. The molecule has 1 saturated heterocycles. The van der Waals surface area contributed by atoms with Crippen LogP contribution in [0.1, 0.15) is 44.8 Å². The molecule has 1 fully saturated rings. The number of hydrogen-bond donors (Lipinski definition) is 1. The first-order valence-corrected chi connectivity index (χ1v) is 7.21. The summed E-state index contributed by atoms with van der Waals surface area (Å²) in [5.74, 6) is 0.757. The Morgan fingerprint density at radius 3 is 2.83 bits per heavy atom. The van der Waals surface area contributed by atoms with Gasteiger partial charge in [-0.2, -0.15) is 0 Å². The number of nitrogens with one attached hydrogen (secondary N) is 1. The van der Waals surface area contributed by atoms with Crippen molar-refractivity contribution >= 4 is 0 Å². The van der Waals surface area contributed by atoms with E-state index in [0.717, 1.165) is 25.5 Å². The van der Waals surface area contributed by atoms with Crippen molar-refractivity contribution in [3.8, 4) is 0 Å². The molecule has 0 spiro atoms. The lowest BCUT2D eigenvalue weighted by Gasteiger charge is -2.22. The Kier molecular flexibility index (Phi) is 5.21. The van der Waals surface area contributed by atoms with Crippen molar-refractivity contribution < 1.29 is 4.74 Å². The van der Waals surface area contributed by atoms with E-state index in [1.165, 1.54) is 18.4 Å². The van der Waals surface area contributed by atoms with Crippen molar-refractivity contribution in [2.75, 3.05) is 13.2 Å². The summed E-state index contributed by atoms with van der Waals surface area (Å²) in [6, 6.07) is 11.1. The highest BCUT2D eigenvalue weighted by molar-refractivity contribution is 5.20. The zero-order valence-electron chi connectivity index (χ0n) is 11.6. The zero-order chi connectivity index (χ0) is 12.8. The number of benzene rings is 1. The van der Waals surface area contributed by atoms with Crippen molar-refractivity contribution in [1.82, 2.24) is 5.32 Å². The smallest absolute Gasteiger partial charge is 0.0978 e. The van der Waals surface area contributed by atoms with Gasteiger partial charge in [0.15, 0.2) is 0 Å². The third kappa shape index (κ3) is 3.56. The molecule has 3 atom stereocenters. The van der Waals surface area contributed by atoms with Gasteiger partial charge in [-0.1, -0.05) is 50.6 Å². The summed E-state index contributed by atoms with van der Waals surface area (Å²) in [5.41, 5.74) is 1.30. The Hall–Kier alpha value is -0.860. The van der Waals surface area contributed by atoms with E-state index in [4.69, 9.17) is 4.74 Å². The molecule has 100 valence electrons. The fourth-order valence-corrected chi connectivity index (χ4v) is 2.72. The number of rotatable bonds is 6. The van der Waals surface area contributed by atoms with E-state index in [9.17, 15) is 0 Å². The Morgan fingerprint density at radius 1 is 1.33 bits per heavy atom. The van der Waals surface area contributed by atoms with Gasteiger partial charge in [0.2, 0.25) is 0 Å². The van der Waals surface area contributed by atoms with Gasteiger partial charge in [-0.05, 0) is 30.9 Å². The summed E-state index contributed by atoms with van der Waals surface area (Å²) in [6.45, 7) is 6.55. The molecule has 2 heteroatoms. The van der Waals surface area contributed by atoms with Crippen LogP contribution in [-0.2, 0) is 4.74 Å². The summed E-state index contributed by atoms with van der Waals surface area (Å²) in [4.78, 5) is 0. The van der Waals surface area contributed by atoms with Gasteiger partial charge in [0.1, 0.15) is 0 Å². The maximum Gasteiger partial charge on any atom is 0.0978 e. The molecule has 0 saturated carbocycles. The lowest BCUT2D eigenvalue weighted by atomic mass is 10.0. The Morgan fingerprint density at radius 2 is 2.11 bits per heavy atom. The van der Waals surface area contributed by atoms with Crippen LogP contribution in [0.3, 0.4) is 0 Å². The molecule has 0 bridgehead atoms. The second-order valence-corrected chi connectivity index (χ2v) is 5.40. The van der Waals surface area contributed by atoms with Crippen LogP contribution in [0.2, 0.25) is 0 Å². The number of hydrogen-bond acceptors (Lipinski definition) is 2. The fraction of sp³-hybridized carbons (Fsp3) is 0.625. The van der Waals surface area contributed by atoms with Crippen molar-refractivity contribution in [3.05, 3.63) is 35.9 Å². The van der Waals surface area contributed by atoms with E-state index in [1.54, 1.807) is 0 Å². The highest BCUT2D eigenvalue weighted by Gasteiger charge is 2.29. The molecule has 1 aromatic rings. The monoisotopic (exact) mass is 247 g/mol. The first-order chi connectivity index (χ1) is 8.81. The summed E-state index contributed by atoms with van der Waals surface area (Å²) >= 11 is 0. The number of ether oxygens (including phenoxy) is 1. The first kappa shape index (κ1) is 13.6. The van der Waals surface area contributed by atoms with Gasteiger partial charge in [0.25, 0.3) is 0 Å². The minimum absolute atomic E-state index is 0.236. The van der Waals surface area contributed by atoms with E-state index in [0.29, 0.717) is 6.04 Å². The van der Waals surface area contributed by atoms with E-state index in [1.807, 2.05) is 0 Å². The molecule has 18 heavy (non-hydrogen) atoms. The normalized spacial score (nSPS) is 25.2. The molecular formula is C16H25NO. The largest absolute Gasteiger partial charge is 0.372 e. The quantitative estimate of drug-likeness (QED) is 0.830. The first-order valence-electron chi connectivity index (χ1n) is 7.21. The van der Waals surface area contributed by atoms with Gasteiger partial charge >= 0.3 is 0 Å². The van der Waals surface area contributed by atoms with Crippen molar-refractivity contribution in [3.63, 3.8) is 0 Å². The average Bonchev–Trinajstić information content (AvgIpc) is 2.86. The minimum Gasteiger partial charge on any atom is -0.372 e. The molecule has 1 aromatic carbocycles. The molecule has 0 radical (unpaired) electrons. The van der Waals surface area contributed by atoms with Crippen LogP contribution in [0.5, 0.6) is 0 Å². The Labute approximate surface area is 111 Å². The molecular weight excluding hydrogens is 222 g/mol. The second kappa shape index (κ2) is 6.91. The molecule has 0 aliphatic carbocycles. The average molecular weight is 247 g/mol. The van der Waals surface area contributed by atoms with Crippen LogP contribution in [0.4, 0.5) is 0 Å². The lowest BCUT2D eigenvalue weighted by molar-refractivity contribution is 0.0980. The van der Waals surface area contributed by atoms with Gasteiger partial charge in [-0.25, -0.2) is 0 Å². The van der Waals surface area contributed by atoms with Gasteiger partial charge in [-0.3, -0.25) is 0 Å². The molecule has 0 amide bonds. The van der Waals surface area contributed by atoms with Gasteiger partial charge in [-0.15, -0.1) is 0 Å². The summed E-state index contributed by atoms with van der Waals surface area (Å²) < 4.78 is 5.88. The topological polar surface area (TPSA) is 21.3 Å². The van der Waals surface area contributed by atoms with Gasteiger partial charge in [0.05, 0.1) is 6.10 Å². The molecule has 0 aromatic heterocycles. The van der Waals surface area contributed by atoms with Crippen LogP contribution in [-0.4, -0.2) is 19.2 Å². The van der Waals surface area contributed by atoms with E-state index >= 15 is 0 Å². The molecule has 1 aliphatic heterocycles. The van der Waals surface area contributed by atoms with Gasteiger partial charge in [0, 0.05) is 12.6 Å². The maximum atomic E-state index is 5.88. The SMILES string of the molecule is CCC[C@H](C)CN[C@H]1CCO[C@H]1c1ccccc1. The summed E-state index contributed by atoms with van der Waals surface area (Å²) in [6.07, 6.45) is 3.93. The third-order valence-corrected chi connectivity index (χ3v) is 3.73. The van der Waals surface area contributed by atoms with Crippen molar-refractivity contribution in [2.24, 2.45) is 5.92 Å². The molecule has 2 rings (SSSR count). The third-order valence-electron chi connectivity index (χ3n) is 3.73. The van der Waals surface area contributed by atoms with E-state index in [2.05, 4.69) is 49.5 Å². The summed E-state index contributed by atoms with van der Waals surface area (Å²) in [7, 11) is 0. The van der Waals surface area contributed by atoms with Crippen LogP contribution in [0.25, 0.3) is 0 Å². The predicted octanol–water partition coefficient (Wildman–Crippen LogP) is 3.54. The van der Waals surface area contributed by atoms with Crippen LogP contribution in [0.15, 0.2) is 30.3 Å². The minimum atomic E-state index is 0.236.